The van der Waals surface area contributed by atoms with Gasteiger partial charge >= 0.3 is 5.97 Å². The van der Waals surface area contributed by atoms with E-state index in [1.165, 1.54) is 12.1 Å². The van der Waals surface area contributed by atoms with Gasteiger partial charge in [-0.1, -0.05) is 6.58 Å². The lowest BCUT2D eigenvalue weighted by Crippen LogP contribution is -2.15. The number of sulfonamides is 1. The Morgan fingerprint density at radius 2 is 2.11 bits per heavy atom. The first-order valence-electron chi connectivity index (χ1n) is 4.89. The number of rotatable bonds is 5. The van der Waals surface area contributed by atoms with Gasteiger partial charge in [0, 0.05) is 0 Å². The molecule has 0 spiro atoms. The second kappa shape index (κ2) is 5.19. The number of aromatic carboxylic acids is 1. The number of carbonyl (C=O) groups is 1. The lowest BCUT2D eigenvalue weighted by Gasteiger charge is -2.10. The SMILES string of the molecule is C=C(C)COc1ccc(C(=O)O)cc1S(N)(=O)=O. The quantitative estimate of drug-likeness (QED) is 0.776. The van der Waals surface area contributed by atoms with E-state index in [0.717, 1.165) is 6.07 Å². The number of carboxylic acid groups (broad SMARTS) is 1. The topological polar surface area (TPSA) is 107 Å². The van der Waals surface area contributed by atoms with Crippen LogP contribution in [0.5, 0.6) is 5.75 Å². The van der Waals surface area contributed by atoms with E-state index in [1.807, 2.05) is 0 Å². The summed E-state index contributed by atoms with van der Waals surface area (Å²) >= 11 is 0. The maximum atomic E-state index is 11.4. The van der Waals surface area contributed by atoms with Crippen molar-refractivity contribution in [2.75, 3.05) is 6.61 Å². The van der Waals surface area contributed by atoms with Crippen LogP contribution in [0.1, 0.15) is 17.3 Å². The molecular weight excluding hydrogens is 258 g/mol. The van der Waals surface area contributed by atoms with Crippen LogP contribution in [0, 0.1) is 0 Å². The number of hydrogen-bond donors (Lipinski definition) is 2. The van der Waals surface area contributed by atoms with Crippen molar-refractivity contribution in [3.63, 3.8) is 0 Å². The highest BCUT2D eigenvalue weighted by atomic mass is 32.2. The highest BCUT2D eigenvalue weighted by Crippen LogP contribution is 2.24. The summed E-state index contributed by atoms with van der Waals surface area (Å²) < 4.78 is 27.9. The molecule has 3 N–H and O–H groups in total. The largest absolute Gasteiger partial charge is 0.488 e. The molecule has 0 aliphatic carbocycles. The van der Waals surface area contributed by atoms with Gasteiger partial charge in [0.25, 0.3) is 0 Å². The van der Waals surface area contributed by atoms with Gasteiger partial charge in [0.2, 0.25) is 10.0 Å². The molecule has 0 fully saturated rings. The smallest absolute Gasteiger partial charge is 0.335 e. The fourth-order valence-corrected chi connectivity index (χ4v) is 1.88. The highest BCUT2D eigenvalue weighted by Gasteiger charge is 2.18. The van der Waals surface area contributed by atoms with Gasteiger partial charge in [-0.3, -0.25) is 0 Å². The molecule has 0 heterocycles. The van der Waals surface area contributed by atoms with E-state index in [-0.39, 0.29) is 22.8 Å². The molecule has 0 amide bonds. The Morgan fingerprint density at radius 1 is 1.50 bits per heavy atom. The number of carboxylic acids is 1. The molecule has 98 valence electrons. The average molecular weight is 271 g/mol. The molecule has 6 nitrogen and oxygen atoms in total. The maximum absolute atomic E-state index is 11.4. The summed E-state index contributed by atoms with van der Waals surface area (Å²) in [6.45, 7) is 5.44. The predicted molar refractivity (Wildman–Crippen MR) is 65.1 cm³/mol. The molecule has 1 aromatic carbocycles. The highest BCUT2D eigenvalue weighted by molar-refractivity contribution is 7.89. The van der Waals surface area contributed by atoms with Crippen molar-refractivity contribution in [2.45, 2.75) is 11.8 Å². The minimum Gasteiger partial charge on any atom is -0.488 e. The Morgan fingerprint density at radius 3 is 2.56 bits per heavy atom. The monoisotopic (exact) mass is 271 g/mol. The summed E-state index contributed by atoms with van der Waals surface area (Å²) in [5.74, 6) is -1.24. The Bertz CT molecular complexity index is 591. The molecule has 0 aliphatic rings. The van der Waals surface area contributed by atoms with Gasteiger partial charge in [-0.25, -0.2) is 18.4 Å². The molecule has 18 heavy (non-hydrogen) atoms. The van der Waals surface area contributed by atoms with Gasteiger partial charge in [-0.15, -0.1) is 0 Å². The minimum absolute atomic E-state index is 0.00509. The third kappa shape index (κ3) is 3.57. The van der Waals surface area contributed by atoms with E-state index in [1.54, 1.807) is 6.92 Å². The van der Waals surface area contributed by atoms with Crippen molar-refractivity contribution in [3.05, 3.63) is 35.9 Å². The first-order chi connectivity index (χ1) is 8.21. The average Bonchev–Trinajstić information content (AvgIpc) is 2.24. The zero-order chi connectivity index (χ0) is 13.9. The zero-order valence-electron chi connectivity index (χ0n) is 9.71. The zero-order valence-corrected chi connectivity index (χ0v) is 10.5. The maximum Gasteiger partial charge on any atom is 0.335 e. The Kier molecular flexibility index (Phi) is 4.10. The van der Waals surface area contributed by atoms with E-state index in [2.05, 4.69) is 6.58 Å². The Labute approximate surface area is 105 Å². The fourth-order valence-electron chi connectivity index (χ4n) is 1.18. The van der Waals surface area contributed by atoms with E-state index in [4.69, 9.17) is 15.0 Å². The lowest BCUT2D eigenvalue weighted by atomic mass is 10.2. The standard InChI is InChI=1S/C11H13NO5S/c1-7(2)6-17-9-4-3-8(11(13)14)5-10(9)18(12,15)16/h3-5H,1,6H2,2H3,(H,13,14)(H2,12,15,16). The molecule has 0 atom stereocenters. The summed E-state index contributed by atoms with van der Waals surface area (Å²) in [7, 11) is -4.06. The van der Waals surface area contributed by atoms with E-state index in [9.17, 15) is 13.2 Å². The Hall–Kier alpha value is -1.86. The van der Waals surface area contributed by atoms with Crippen LogP contribution in [0.3, 0.4) is 0 Å². The normalized spacial score (nSPS) is 11.0. The number of hydrogen-bond acceptors (Lipinski definition) is 4. The number of primary sulfonamides is 1. The van der Waals surface area contributed by atoms with E-state index < -0.39 is 16.0 Å². The van der Waals surface area contributed by atoms with Gasteiger partial charge in [-0.2, -0.15) is 0 Å². The third-order valence-corrected chi connectivity index (χ3v) is 2.90. The Balaban J connectivity index is 3.26. The summed E-state index contributed by atoms with van der Waals surface area (Å²) in [6, 6.07) is 3.46. The van der Waals surface area contributed by atoms with Gasteiger partial charge in [0.05, 0.1) is 5.56 Å². The fraction of sp³-hybridized carbons (Fsp3) is 0.182. The van der Waals surface area contributed by atoms with Crippen molar-refractivity contribution < 1.29 is 23.1 Å². The molecule has 0 saturated heterocycles. The van der Waals surface area contributed by atoms with Crippen molar-refractivity contribution in [1.29, 1.82) is 0 Å². The summed E-state index contributed by atoms with van der Waals surface area (Å²) in [5, 5.41) is 13.8. The van der Waals surface area contributed by atoms with Gasteiger partial charge in [-0.05, 0) is 30.7 Å². The van der Waals surface area contributed by atoms with Crippen LogP contribution in [-0.2, 0) is 10.0 Å². The van der Waals surface area contributed by atoms with Crippen LogP contribution in [-0.4, -0.2) is 26.1 Å². The number of benzene rings is 1. The van der Waals surface area contributed by atoms with Gasteiger partial charge < -0.3 is 9.84 Å². The van der Waals surface area contributed by atoms with Crippen LogP contribution in [0.15, 0.2) is 35.2 Å². The van der Waals surface area contributed by atoms with Gasteiger partial charge in [0.1, 0.15) is 17.3 Å². The molecule has 0 bridgehead atoms. The predicted octanol–water partition coefficient (Wildman–Crippen LogP) is 0.987. The lowest BCUT2D eigenvalue weighted by molar-refractivity contribution is 0.0696. The van der Waals surface area contributed by atoms with Crippen molar-refractivity contribution >= 4 is 16.0 Å². The molecule has 0 radical (unpaired) electrons. The van der Waals surface area contributed by atoms with Crippen LogP contribution >= 0.6 is 0 Å². The van der Waals surface area contributed by atoms with Crippen molar-refractivity contribution in [1.82, 2.24) is 0 Å². The third-order valence-electron chi connectivity index (χ3n) is 1.97. The molecule has 0 saturated carbocycles. The first kappa shape index (κ1) is 14.2. The second-order valence-corrected chi connectivity index (χ2v) is 5.29. The van der Waals surface area contributed by atoms with E-state index in [0.29, 0.717) is 5.57 Å². The molecule has 1 rings (SSSR count). The van der Waals surface area contributed by atoms with Crippen LogP contribution in [0.4, 0.5) is 0 Å². The molecule has 1 aromatic rings. The number of nitrogens with two attached hydrogens (primary N) is 1. The van der Waals surface area contributed by atoms with Crippen LogP contribution < -0.4 is 9.88 Å². The minimum atomic E-state index is -4.06. The number of ether oxygens (including phenoxy) is 1. The summed E-state index contributed by atoms with van der Waals surface area (Å²) in [4.78, 5) is 10.4. The molecule has 7 heteroatoms. The van der Waals surface area contributed by atoms with Crippen LogP contribution in [0.25, 0.3) is 0 Å². The molecule has 0 aromatic heterocycles. The van der Waals surface area contributed by atoms with E-state index >= 15 is 0 Å². The second-order valence-electron chi connectivity index (χ2n) is 3.76. The van der Waals surface area contributed by atoms with Crippen molar-refractivity contribution in [3.8, 4) is 5.75 Å². The van der Waals surface area contributed by atoms with Crippen LogP contribution in [0.2, 0.25) is 0 Å². The molecule has 0 aliphatic heterocycles. The molecule has 0 unspecified atom stereocenters. The van der Waals surface area contributed by atoms with Gasteiger partial charge in [0.15, 0.2) is 0 Å². The molecular formula is C11H13NO5S. The summed E-state index contributed by atoms with van der Waals surface area (Å²) in [5.41, 5.74) is 0.513. The summed E-state index contributed by atoms with van der Waals surface area (Å²) in [6.07, 6.45) is 0. The first-order valence-corrected chi connectivity index (χ1v) is 6.44. The van der Waals surface area contributed by atoms with Crippen molar-refractivity contribution in [2.24, 2.45) is 5.14 Å².